The molecule has 2 nitrogen and oxygen atoms in total. The number of fused-ring (bicyclic) bond motifs is 1. The van der Waals surface area contributed by atoms with E-state index in [1.807, 2.05) is 6.07 Å². The second-order valence-corrected chi connectivity index (χ2v) is 3.89. The van der Waals surface area contributed by atoms with Crippen molar-refractivity contribution in [3.63, 3.8) is 0 Å². The highest BCUT2D eigenvalue weighted by Gasteiger charge is 2.35. The Morgan fingerprint density at radius 1 is 1.57 bits per heavy atom. The molecule has 1 aliphatic rings. The zero-order chi connectivity index (χ0) is 10.2. The fourth-order valence-electron chi connectivity index (χ4n) is 2.13. The smallest absolute Gasteiger partial charge is 0.123 e. The van der Waals surface area contributed by atoms with Gasteiger partial charge in [-0.15, -0.1) is 0 Å². The maximum absolute atomic E-state index is 13.0. The van der Waals surface area contributed by atoms with Crippen molar-refractivity contribution in [2.75, 3.05) is 13.7 Å². The van der Waals surface area contributed by atoms with Crippen molar-refractivity contribution in [3.05, 3.63) is 35.1 Å². The van der Waals surface area contributed by atoms with Gasteiger partial charge < -0.3 is 10.5 Å². The van der Waals surface area contributed by atoms with Crippen molar-refractivity contribution in [2.24, 2.45) is 5.73 Å². The molecule has 0 spiro atoms. The van der Waals surface area contributed by atoms with Gasteiger partial charge in [-0.3, -0.25) is 0 Å². The summed E-state index contributed by atoms with van der Waals surface area (Å²) in [7, 11) is 1.62. The summed E-state index contributed by atoms with van der Waals surface area (Å²) >= 11 is 0. The zero-order valence-electron chi connectivity index (χ0n) is 8.22. The van der Waals surface area contributed by atoms with Crippen LogP contribution in [0, 0.1) is 5.82 Å². The van der Waals surface area contributed by atoms with Crippen LogP contribution in [-0.2, 0) is 16.7 Å². The van der Waals surface area contributed by atoms with Gasteiger partial charge in [0.25, 0.3) is 0 Å². The van der Waals surface area contributed by atoms with Crippen molar-refractivity contribution in [3.8, 4) is 0 Å². The Kier molecular flexibility index (Phi) is 2.29. The highest BCUT2D eigenvalue weighted by atomic mass is 19.1. The van der Waals surface area contributed by atoms with Crippen molar-refractivity contribution >= 4 is 0 Å². The van der Waals surface area contributed by atoms with Gasteiger partial charge in [0, 0.05) is 7.11 Å². The SMILES string of the molecule is COCC1(N)CCc2ccc(F)cc21. The first-order valence-electron chi connectivity index (χ1n) is 4.72. The van der Waals surface area contributed by atoms with Crippen LogP contribution in [0.4, 0.5) is 4.39 Å². The molecule has 0 saturated heterocycles. The van der Waals surface area contributed by atoms with Crippen molar-refractivity contribution in [1.82, 2.24) is 0 Å². The molecule has 0 amide bonds. The number of aryl methyl sites for hydroxylation is 1. The van der Waals surface area contributed by atoms with Gasteiger partial charge in [-0.2, -0.15) is 0 Å². The molecule has 0 bridgehead atoms. The summed E-state index contributed by atoms with van der Waals surface area (Å²) in [5.41, 5.74) is 7.71. The number of hydrogen-bond acceptors (Lipinski definition) is 2. The number of ether oxygens (including phenoxy) is 1. The summed E-state index contributed by atoms with van der Waals surface area (Å²) in [5.74, 6) is -0.225. The minimum atomic E-state index is -0.494. The third-order valence-corrected chi connectivity index (χ3v) is 2.85. The average Bonchev–Trinajstić information content (AvgIpc) is 2.45. The van der Waals surface area contributed by atoms with Crippen LogP contribution in [0.15, 0.2) is 18.2 Å². The van der Waals surface area contributed by atoms with Gasteiger partial charge in [0.2, 0.25) is 0 Å². The van der Waals surface area contributed by atoms with E-state index in [2.05, 4.69) is 0 Å². The predicted octanol–water partition coefficient (Wildman–Crippen LogP) is 1.57. The molecule has 1 aliphatic carbocycles. The normalized spacial score (nSPS) is 25.1. The molecule has 14 heavy (non-hydrogen) atoms. The molecule has 1 atom stereocenters. The molecule has 1 unspecified atom stereocenters. The van der Waals surface area contributed by atoms with E-state index in [0.29, 0.717) is 6.61 Å². The number of halogens is 1. The highest BCUT2D eigenvalue weighted by molar-refractivity contribution is 5.38. The van der Waals surface area contributed by atoms with E-state index in [9.17, 15) is 4.39 Å². The van der Waals surface area contributed by atoms with E-state index in [1.165, 1.54) is 12.1 Å². The molecule has 2 N–H and O–H groups in total. The fraction of sp³-hybridized carbons (Fsp3) is 0.455. The van der Waals surface area contributed by atoms with E-state index >= 15 is 0 Å². The predicted molar refractivity (Wildman–Crippen MR) is 52.5 cm³/mol. The van der Waals surface area contributed by atoms with Crippen molar-refractivity contribution in [1.29, 1.82) is 0 Å². The lowest BCUT2D eigenvalue weighted by Gasteiger charge is -2.24. The summed E-state index contributed by atoms with van der Waals surface area (Å²) in [6, 6.07) is 4.83. The molecule has 0 aliphatic heterocycles. The summed E-state index contributed by atoms with van der Waals surface area (Å²) in [5, 5.41) is 0. The molecular weight excluding hydrogens is 181 g/mol. The number of rotatable bonds is 2. The van der Waals surface area contributed by atoms with E-state index in [0.717, 1.165) is 24.0 Å². The maximum Gasteiger partial charge on any atom is 0.123 e. The molecule has 0 fully saturated rings. The van der Waals surface area contributed by atoms with Crippen LogP contribution >= 0.6 is 0 Å². The number of nitrogens with two attached hydrogens (primary N) is 1. The van der Waals surface area contributed by atoms with Crippen LogP contribution in [0.5, 0.6) is 0 Å². The Labute approximate surface area is 82.9 Å². The van der Waals surface area contributed by atoms with E-state index in [-0.39, 0.29) is 5.82 Å². The van der Waals surface area contributed by atoms with Gasteiger partial charge in [-0.1, -0.05) is 6.07 Å². The lowest BCUT2D eigenvalue weighted by atomic mass is 9.94. The molecule has 0 radical (unpaired) electrons. The topological polar surface area (TPSA) is 35.2 Å². The third kappa shape index (κ3) is 1.42. The van der Waals surface area contributed by atoms with Crippen molar-refractivity contribution in [2.45, 2.75) is 18.4 Å². The quantitative estimate of drug-likeness (QED) is 0.777. The summed E-state index contributed by atoms with van der Waals surface area (Å²) in [6.07, 6.45) is 1.75. The zero-order valence-corrected chi connectivity index (χ0v) is 8.22. The molecule has 0 aromatic heterocycles. The molecule has 2 rings (SSSR count). The Morgan fingerprint density at radius 2 is 2.36 bits per heavy atom. The average molecular weight is 195 g/mol. The van der Waals surface area contributed by atoms with Crippen LogP contribution in [0.2, 0.25) is 0 Å². The number of benzene rings is 1. The van der Waals surface area contributed by atoms with Gasteiger partial charge in [-0.25, -0.2) is 4.39 Å². The second kappa shape index (κ2) is 3.33. The molecule has 3 heteroatoms. The minimum Gasteiger partial charge on any atom is -0.382 e. The lowest BCUT2D eigenvalue weighted by molar-refractivity contribution is 0.132. The van der Waals surface area contributed by atoms with E-state index in [4.69, 9.17) is 10.5 Å². The lowest BCUT2D eigenvalue weighted by Crippen LogP contribution is -2.38. The summed E-state index contributed by atoms with van der Waals surface area (Å²) < 4.78 is 18.1. The van der Waals surface area contributed by atoms with E-state index in [1.54, 1.807) is 7.11 Å². The van der Waals surface area contributed by atoms with Crippen LogP contribution in [0.3, 0.4) is 0 Å². The Balaban J connectivity index is 2.41. The van der Waals surface area contributed by atoms with Crippen LogP contribution in [0.1, 0.15) is 17.5 Å². The Hall–Kier alpha value is -0.930. The first-order chi connectivity index (χ1) is 6.65. The van der Waals surface area contributed by atoms with Gasteiger partial charge in [0.1, 0.15) is 5.82 Å². The Bertz CT molecular complexity index is 349. The van der Waals surface area contributed by atoms with Gasteiger partial charge in [-0.05, 0) is 36.1 Å². The van der Waals surface area contributed by atoms with Crippen LogP contribution < -0.4 is 5.73 Å². The van der Waals surface area contributed by atoms with Crippen LogP contribution in [0.25, 0.3) is 0 Å². The van der Waals surface area contributed by atoms with Gasteiger partial charge in [0.15, 0.2) is 0 Å². The highest BCUT2D eigenvalue weighted by Crippen LogP contribution is 2.35. The third-order valence-electron chi connectivity index (χ3n) is 2.85. The largest absolute Gasteiger partial charge is 0.382 e. The summed E-state index contributed by atoms with van der Waals surface area (Å²) in [6.45, 7) is 0.448. The molecule has 0 heterocycles. The second-order valence-electron chi connectivity index (χ2n) is 3.89. The monoisotopic (exact) mass is 195 g/mol. The minimum absolute atomic E-state index is 0.225. The van der Waals surface area contributed by atoms with Gasteiger partial charge in [0.05, 0.1) is 12.1 Å². The van der Waals surface area contributed by atoms with Crippen molar-refractivity contribution < 1.29 is 9.13 Å². The molecular formula is C11H14FNO. The maximum atomic E-state index is 13.0. The molecule has 76 valence electrons. The number of methoxy groups -OCH3 is 1. The fourth-order valence-corrected chi connectivity index (χ4v) is 2.13. The summed E-state index contributed by atoms with van der Waals surface area (Å²) in [4.78, 5) is 0. The first-order valence-corrected chi connectivity index (χ1v) is 4.72. The molecule has 1 aromatic carbocycles. The first kappa shape index (κ1) is 9.62. The molecule has 0 saturated carbocycles. The molecule has 1 aromatic rings. The van der Waals surface area contributed by atoms with Crippen LogP contribution in [-0.4, -0.2) is 13.7 Å². The van der Waals surface area contributed by atoms with E-state index < -0.39 is 5.54 Å². The standard InChI is InChI=1S/C11H14FNO/c1-14-7-11(13)5-4-8-2-3-9(12)6-10(8)11/h2-3,6H,4-5,7,13H2,1H3. The number of hydrogen-bond donors (Lipinski definition) is 1. The Morgan fingerprint density at radius 3 is 3.07 bits per heavy atom. The van der Waals surface area contributed by atoms with Gasteiger partial charge >= 0.3 is 0 Å².